The van der Waals surface area contributed by atoms with Crippen LogP contribution in [0.2, 0.25) is 0 Å². The predicted octanol–water partition coefficient (Wildman–Crippen LogP) is 4.07. The number of ether oxygens (including phenoxy) is 1. The van der Waals surface area contributed by atoms with Crippen molar-refractivity contribution in [3.05, 3.63) is 75.2 Å². The first kappa shape index (κ1) is 17.0. The largest absolute Gasteiger partial charge is 0.380 e. The summed E-state index contributed by atoms with van der Waals surface area (Å²) in [7, 11) is 1.72. The molecule has 3 aromatic rings. The Bertz CT molecular complexity index is 977. The van der Waals surface area contributed by atoms with Gasteiger partial charge in [0.2, 0.25) is 0 Å². The Morgan fingerprint density at radius 1 is 1.15 bits per heavy atom. The van der Waals surface area contributed by atoms with Crippen molar-refractivity contribution in [3.63, 3.8) is 0 Å². The molecule has 2 aromatic heterocycles. The van der Waals surface area contributed by atoms with Crippen molar-refractivity contribution >= 4 is 27.4 Å². The zero-order valence-corrected chi connectivity index (χ0v) is 15.9. The SMILES string of the molecule is Cn1cc(Br)cc(Nc2ccc(-c3ccc(C4COC4)cc3)cn2)c1=O. The fourth-order valence-electron chi connectivity index (χ4n) is 2.91. The Balaban J connectivity index is 1.52. The van der Waals surface area contributed by atoms with Crippen molar-refractivity contribution in [1.29, 1.82) is 0 Å². The number of benzene rings is 1. The van der Waals surface area contributed by atoms with Gasteiger partial charge in [0, 0.05) is 35.4 Å². The molecule has 0 radical (unpaired) electrons. The third-order valence-electron chi connectivity index (χ3n) is 4.53. The van der Waals surface area contributed by atoms with Gasteiger partial charge in [-0.3, -0.25) is 4.79 Å². The van der Waals surface area contributed by atoms with Crippen LogP contribution in [-0.4, -0.2) is 22.8 Å². The molecule has 0 atom stereocenters. The molecule has 4 rings (SSSR count). The van der Waals surface area contributed by atoms with Gasteiger partial charge < -0.3 is 14.6 Å². The summed E-state index contributed by atoms with van der Waals surface area (Å²) in [5.74, 6) is 1.16. The van der Waals surface area contributed by atoms with Crippen molar-refractivity contribution in [2.45, 2.75) is 5.92 Å². The summed E-state index contributed by atoms with van der Waals surface area (Å²) in [4.78, 5) is 16.6. The highest BCUT2D eigenvalue weighted by Gasteiger charge is 2.20. The summed E-state index contributed by atoms with van der Waals surface area (Å²) in [6.07, 6.45) is 3.54. The van der Waals surface area contributed by atoms with Crippen LogP contribution in [0.25, 0.3) is 11.1 Å². The number of hydrogen-bond donors (Lipinski definition) is 1. The second kappa shape index (κ2) is 7.05. The normalized spacial score (nSPS) is 14.1. The van der Waals surface area contributed by atoms with Gasteiger partial charge in [0.1, 0.15) is 11.5 Å². The van der Waals surface area contributed by atoms with Gasteiger partial charge in [-0.05, 0) is 45.3 Å². The first-order valence-corrected chi connectivity index (χ1v) is 9.17. The molecule has 3 heterocycles. The highest BCUT2D eigenvalue weighted by molar-refractivity contribution is 9.10. The van der Waals surface area contributed by atoms with Crippen LogP contribution in [0.1, 0.15) is 11.5 Å². The van der Waals surface area contributed by atoms with Crippen LogP contribution in [0.3, 0.4) is 0 Å². The Morgan fingerprint density at radius 2 is 1.88 bits per heavy atom. The molecule has 1 aliphatic rings. The molecule has 0 amide bonds. The fourth-order valence-corrected chi connectivity index (χ4v) is 3.45. The van der Waals surface area contributed by atoms with Crippen molar-refractivity contribution in [3.8, 4) is 11.1 Å². The maximum absolute atomic E-state index is 12.2. The summed E-state index contributed by atoms with van der Waals surface area (Å²) in [5.41, 5.74) is 3.85. The predicted molar refractivity (Wildman–Crippen MR) is 106 cm³/mol. The first-order valence-electron chi connectivity index (χ1n) is 8.37. The molecule has 1 aromatic carbocycles. The second-order valence-electron chi connectivity index (χ2n) is 6.40. The lowest BCUT2D eigenvalue weighted by Gasteiger charge is -2.26. The molecule has 1 aliphatic heterocycles. The van der Waals surface area contributed by atoms with E-state index < -0.39 is 0 Å². The number of nitrogens with zero attached hydrogens (tertiary/aromatic N) is 2. The summed E-state index contributed by atoms with van der Waals surface area (Å²) in [6, 6.07) is 14.2. The molecular weight excluding hydrogens is 394 g/mol. The van der Waals surface area contributed by atoms with Gasteiger partial charge in [-0.25, -0.2) is 4.98 Å². The Hall–Kier alpha value is -2.44. The zero-order chi connectivity index (χ0) is 18.1. The Labute approximate surface area is 159 Å². The van der Waals surface area contributed by atoms with E-state index in [1.807, 2.05) is 18.3 Å². The van der Waals surface area contributed by atoms with Crippen LogP contribution in [0.15, 0.2) is 64.1 Å². The number of anilines is 2. The highest BCUT2D eigenvalue weighted by Crippen LogP contribution is 2.27. The van der Waals surface area contributed by atoms with Crippen LogP contribution < -0.4 is 10.9 Å². The molecule has 26 heavy (non-hydrogen) atoms. The quantitative estimate of drug-likeness (QED) is 0.702. The summed E-state index contributed by atoms with van der Waals surface area (Å²) < 4.78 is 7.60. The lowest BCUT2D eigenvalue weighted by molar-refractivity contribution is 0.00843. The third kappa shape index (κ3) is 3.43. The molecule has 5 nitrogen and oxygen atoms in total. The maximum atomic E-state index is 12.2. The van der Waals surface area contributed by atoms with E-state index in [2.05, 4.69) is 50.5 Å². The van der Waals surface area contributed by atoms with Crippen molar-refractivity contribution < 1.29 is 4.74 Å². The number of aromatic nitrogens is 2. The number of rotatable bonds is 4. The van der Waals surface area contributed by atoms with Crippen LogP contribution in [0, 0.1) is 0 Å². The standard InChI is InChI=1S/C20H18BrN3O2/c1-24-10-17(21)8-18(20(24)25)23-19-7-6-15(9-22-19)13-2-4-14(5-3-13)16-11-26-12-16/h2-10,16H,11-12H2,1H3,(H,22,23). The lowest BCUT2D eigenvalue weighted by atomic mass is 9.95. The molecule has 0 bridgehead atoms. The topological polar surface area (TPSA) is 56.1 Å². The minimum Gasteiger partial charge on any atom is -0.380 e. The van der Waals surface area contributed by atoms with Gasteiger partial charge in [0.05, 0.1) is 13.2 Å². The van der Waals surface area contributed by atoms with E-state index in [0.717, 1.165) is 28.8 Å². The maximum Gasteiger partial charge on any atom is 0.274 e. The first-order chi connectivity index (χ1) is 12.6. The molecule has 6 heteroatoms. The molecule has 132 valence electrons. The van der Waals surface area contributed by atoms with Crippen LogP contribution >= 0.6 is 15.9 Å². The molecule has 1 N–H and O–H groups in total. The van der Waals surface area contributed by atoms with Crippen molar-refractivity contribution in [2.24, 2.45) is 7.05 Å². The van der Waals surface area contributed by atoms with E-state index in [1.54, 1.807) is 19.3 Å². The van der Waals surface area contributed by atoms with Gasteiger partial charge >= 0.3 is 0 Å². The summed E-state index contributed by atoms with van der Waals surface area (Å²) in [5, 5.41) is 3.08. The average molecular weight is 412 g/mol. The second-order valence-corrected chi connectivity index (χ2v) is 7.32. The average Bonchev–Trinajstić information content (AvgIpc) is 2.59. The lowest BCUT2D eigenvalue weighted by Crippen LogP contribution is -2.24. The molecule has 1 saturated heterocycles. The van der Waals surface area contributed by atoms with E-state index in [0.29, 0.717) is 17.4 Å². The van der Waals surface area contributed by atoms with E-state index in [-0.39, 0.29) is 5.56 Å². The van der Waals surface area contributed by atoms with Gasteiger partial charge in [-0.1, -0.05) is 24.3 Å². The minimum atomic E-state index is -0.102. The van der Waals surface area contributed by atoms with Crippen LogP contribution in [-0.2, 0) is 11.8 Å². The number of hydrogen-bond acceptors (Lipinski definition) is 4. The van der Waals surface area contributed by atoms with Gasteiger partial charge in [-0.15, -0.1) is 0 Å². The summed E-state index contributed by atoms with van der Waals surface area (Å²) in [6.45, 7) is 1.63. The Kier molecular flexibility index (Phi) is 4.61. The van der Waals surface area contributed by atoms with Crippen molar-refractivity contribution in [1.82, 2.24) is 9.55 Å². The Morgan fingerprint density at radius 3 is 2.50 bits per heavy atom. The van der Waals surface area contributed by atoms with E-state index in [1.165, 1.54) is 10.1 Å². The van der Waals surface area contributed by atoms with Crippen LogP contribution in [0.4, 0.5) is 11.5 Å². The number of pyridine rings is 2. The van der Waals surface area contributed by atoms with E-state index in [9.17, 15) is 4.79 Å². The highest BCUT2D eigenvalue weighted by atomic mass is 79.9. The van der Waals surface area contributed by atoms with E-state index in [4.69, 9.17) is 4.74 Å². The zero-order valence-electron chi connectivity index (χ0n) is 14.3. The number of nitrogens with one attached hydrogen (secondary N) is 1. The monoisotopic (exact) mass is 411 g/mol. The number of halogens is 1. The molecule has 0 aliphatic carbocycles. The van der Waals surface area contributed by atoms with Gasteiger partial charge in [0.15, 0.2) is 0 Å². The molecule has 0 saturated carbocycles. The fraction of sp³-hybridized carbons (Fsp3) is 0.200. The van der Waals surface area contributed by atoms with Gasteiger partial charge in [0.25, 0.3) is 5.56 Å². The van der Waals surface area contributed by atoms with Gasteiger partial charge in [-0.2, -0.15) is 0 Å². The molecule has 1 fully saturated rings. The minimum absolute atomic E-state index is 0.102. The van der Waals surface area contributed by atoms with E-state index >= 15 is 0 Å². The summed E-state index contributed by atoms with van der Waals surface area (Å²) >= 11 is 3.40. The smallest absolute Gasteiger partial charge is 0.274 e. The van der Waals surface area contributed by atoms with Crippen molar-refractivity contribution in [2.75, 3.05) is 18.5 Å². The third-order valence-corrected chi connectivity index (χ3v) is 4.96. The molecule has 0 spiro atoms. The van der Waals surface area contributed by atoms with Crippen LogP contribution in [0.5, 0.6) is 0 Å². The molecular formula is C20H18BrN3O2. The number of aryl methyl sites for hydroxylation is 1. The molecule has 0 unspecified atom stereocenters.